The molecule has 0 radical (unpaired) electrons. The Balaban J connectivity index is 3.75. The summed E-state index contributed by atoms with van der Waals surface area (Å²) >= 11 is 0. The Labute approximate surface area is 98.7 Å². The molecule has 0 aliphatic heterocycles. The van der Waals surface area contributed by atoms with Crippen LogP contribution in [0.5, 0.6) is 0 Å². The van der Waals surface area contributed by atoms with Crippen LogP contribution in [0.1, 0.15) is 27.7 Å². The van der Waals surface area contributed by atoms with Gasteiger partial charge in [-0.3, -0.25) is 9.59 Å². The van der Waals surface area contributed by atoms with Crippen LogP contribution in [0, 0.1) is 11.8 Å². The fraction of sp³-hybridized carbons (Fsp3) is 0.500. The Kier molecular flexibility index (Phi) is 3.93. The van der Waals surface area contributed by atoms with E-state index in [0.29, 0.717) is 0 Å². The third-order valence-electron chi connectivity index (χ3n) is 2.11. The largest absolute Gasteiger partial charge is 0.422 e. The van der Waals surface area contributed by atoms with E-state index < -0.39 is 11.1 Å². The Morgan fingerprint density at radius 3 is 1.65 bits per heavy atom. The molecule has 1 aromatic rings. The number of nitrogens with zero attached hydrogens (tertiary/aromatic N) is 1. The van der Waals surface area contributed by atoms with Crippen molar-refractivity contribution in [3.63, 3.8) is 0 Å². The van der Waals surface area contributed by atoms with E-state index in [0.717, 1.165) is 0 Å². The van der Waals surface area contributed by atoms with E-state index in [9.17, 15) is 14.8 Å². The van der Waals surface area contributed by atoms with E-state index in [2.05, 4.69) is 4.98 Å². The standard InChI is InChI=1S/C12H18N2O3/c1-7(2)5-9-11(15)14(17)12(16)10(13-9)6-8(3)4/h5-8,13,17H,1-4H3/b9-5-,10-6-. The lowest BCUT2D eigenvalue weighted by molar-refractivity contribution is 0.161. The molecule has 0 spiro atoms. The predicted molar refractivity (Wildman–Crippen MR) is 66.4 cm³/mol. The lowest BCUT2D eigenvalue weighted by atomic mass is 10.2. The Morgan fingerprint density at radius 2 is 1.35 bits per heavy atom. The summed E-state index contributed by atoms with van der Waals surface area (Å²) in [6.07, 6.45) is 3.35. The minimum atomic E-state index is -0.718. The smallest absolute Gasteiger partial charge is 0.309 e. The third kappa shape index (κ3) is 3.09. The number of nitrogens with one attached hydrogen (secondary N) is 1. The topological polar surface area (TPSA) is 75.1 Å². The van der Waals surface area contributed by atoms with E-state index in [4.69, 9.17) is 0 Å². The van der Waals surface area contributed by atoms with Gasteiger partial charge in [0.1, 0.15) is 10.7 Å². The molecule has 0 bridgehead atoms. The van der Waals surface area contributed by atoms with Gasteiger partial charge in [0, 0.05) is 0 Å². The zero-order valence-electron chi connectivity index (χ0n) is 10.5. The molecule has 0 atom stereocenters. The first-order chi connectivity index (χ1) is 7.82. The number of aromatic amines is 1. The molecule has 0 aliphatic rings. The molecule has 0 aromatic carbocycles. The number of rotatable bonds is 2. The molecular weight excluding hydrogens is 220 g/mol. The molecule has 5 heteroatoms. The van der Waals surface area contributed by atoms with Crippen LogP contribution in [-0.2, 0) is 0 Å². The van der Waals surface area contributed by atoms with Gasteiger partial charge in [0.2, 0.25) is 0 Å². The summed E-state index contributed by atoms with van der Waals surface area (Å²) in [5, 5.41) is 9.89. The van der Waals surface area contributed by atoms with E-state index in [-0.39, 0.29) is 27.3 Å². The Hall–Kier alpha value is -1.78. The number of hydrogen-bond acceptors (Lipinski definition) is 3. The fourth-order valence-corrected chi connectivity index (χ4v) is 1.47. The number of aromatic nitrogens is 2. The van der Waals surface area contributed by atoms with Gasteiger partial charge < -0.3 is 10.2 Å². The van der Waals surface area contributed by atoms with Crippen LogP contribution in [0.3, 0.4) is 0 Å². The highest BCUT2D eigenvalue weighted by Gasteiger charge is 2.03. The van der Waals surface area contributed by atoms with Crippen LogP contribution in [0.4, 0.5) is 0 Å². The second-order valence-electron chi connectivity index (χ2n) is 4.70. The zero-order valence-corrected chi connectivity index (χ0v) is 10.5. The van der Waals surface area contributed by atoms with Crippen molar-refractivity contribution in [1.82, 2.24) is 9.71 Å². The molecule has 1 rings (SSSR count). The molecule has 0 saturated carbocycles. The average Bonchev–Trinajstić information content (AvgIpc) is 2.20. The van der Waals surface area contributed by atoms with Crippen molar-refractivity contribution in [3.8, 4) is 0 Å². The van der Waals surface area contributed by atoms with Gasteiger partial charge in [0.05, 0.1) is 0 Å². The minimum Gasteiger partial charge on any atom is -0.422 e. The second-order valence-corrected chi connectivity index (χ2v) is 4.70. The minimum absolute atomic E-state index is 0.142. The maximum Gasteiger partial charge on any atom is 0.309 e. The zero-order chi connectivity index (χ0) is 13.2. The van der Waals surface area contributed by atoms with Gasteiger partial charge in [-0.25, -0.2) is 0 Å². The summed E-state index contributed by atoms with van der Waals surface area (Å²) in [5.74, 6) is 0.284. The van der Waals surface area contributed by atoms with Gasteiger partial charge in [-0.1, -0.05) is 39.8 Å². The fourth-order valence-electron chi connectivity index (χ4n) is 1.47. The summed E-state index contributed by atoms with van der Waals surface area (Å²) in [6.45, 7) is 7.63. The van der Waals surface area contributed by atoms with E-state index in [1.54, 1.807) is 12.2 Å². The molecule has 0 unspecified atom stereocenters. The van der Waals surface area contributed by atoms with Crippen LogP contribution < -0.4 is 21.8 Å². The Bertz CT molecular complexity index is 568. The van der Waals surface area contributed by atoms with Gasteiger partial charge in [0.15, 0.2) is 0 Å². The quantitative estimate of drug-likeness (QED) is 0.691. The summed E-state index contributed by atoms with van der Waals surface area (Å²) in [4.78, 5) is 26.0. The first kappa shape index (κ1) is 13.3. The van der Waals surface area contributed by atoms with Crippen molar-refractivity contribution in [1.29, 1.82) is 0 Å². The molecule has 17 heavy (non-hydrogen) atoms. The molecule has 0 fully saturated rings. The van der Waals surface area contributed by atoms with Crippen molar-refractivity contribution >= 4 is 12.2 Å². The van der Waals surface area contributed by atoms with Gasteiger partial charge in [-0.2, -0.15) is 0 Å². The summed E-state index contributed by atoms with van der Waals surface area (Å²) in [5.41, 5.74) is -1.44. The predicted octanol–water partition coefficient (Wildman–Crippen LogP) is -0.353. The SMILES string of the molecule is CC(C)/C=c1\[nH]/c(=C\C(C)C)c(=O)n(O)c1=O. The van der Waals surface area contributed by atoms with Crippen LogP contribution in [0.2, 0.25) is 0 Å². The maximum absolute atomic E-state index is 11.6. The molecule has 0 aliphatic carbocycles. The average molecular weight is 238 g/mol. The maximum atomic E-state index is 11.6. The van der Waals surface area contributed by atoms with Crippen molar-refractivity contribution in [3.05, 3.63) is 31.4 Å². The molecule has 1 heterocycles. The van der Waals surface area contributed by atoms with Gasteiger partial charge in [0.25, 0.3) is 0 Å². The van der Waals surface area contributed by atoms with Crippen LogP contribution in [-0.4, -0.2) is 14.9 Å². The molecule has 2 N–H and O–H groups in total. The molecule has 94 valence electrons. The van der Waals surface area contributed by atoms with E-state index in [1.807, 2.05) is 27.7 Å². The van der Waals surface area contributed by atoms with E-state index in [1.165, 1.54) is 0 Å². The van der Waals surface area contributed by atoms with Crippen molar-refractivity contribution < 1.29 is 5.21 Å². The van der Waals surface area contributed by atoms with Crippen molar-refractivity contribution in [2.24, 2.45) is 11.8 Å². The lowest BCUT2D eigenvalue weighted by Gasteiger charge is -1.99. The van der Waals surface area contributed by atoms with Crippen LogP contribution in [0.25, 0.3) is 12.2 Å². The number of H-pyrrole nitrogens is 1. The van der Waals surface area contributed by atoms with Crippen LogP contribution in [0.15, 0.2) is 9.59 Å². The lowest BCUT2D eigenvalue weighted by Crippen LogP contribution is -2.52. The summed E-state index contributed by atoms with van der Waals surface area (Å²) in [7, 11) is 0. The van der Waals surface area contributed by atoms with Crippen molar-refractivity contribution in [2.75, 3.05) is 0 Å². The molecule has 5 nitrogen and oxygen atoms in total. The molecule has 0 amide bonds. The van der Waals surface area contributed by atoms with E-state index >= 15 is 0 Å². The van der Waals surface area contributed by atoms with Gasteiger partial charge >= 0.3 is 11.1 Å². The number of hydrogen-bond donors (Lipinski definition) is 2. The highest BCUT2D eigenvalue weighted by atomic mass is 16.5. The van der Waals surface area contributed by atoms with Crippen LogP contribution >= 0.6 is 0 Å². The highest BCUT2D eigenvalue weighted by molar-refractivity contribution is 5.23. The molecule has 0 saturated heterocycles. The highest BCUT2D eigenvalue weighted by Crippen LogP contribution is 1.90. The second kappa shape index (κ2) is 5.03. The van der Waals surface area contributed by atoms with Gasteiger partial charge in [-0.05, 0) is 11.8 Å². The molecular formula is C12H18N2O3. The summed E-state index contributed by atoms with van der Waals surface area (Å²) < 4.78 is 0.152. The Morgan fingerprint density at radius 1 is 1.00 bits per heavy atom. The first-order valence-corrected chi connectivity index (χ1v) is 5.61. The molecule has 1 aromatic heterocycles. The summed E-state index contributed by atoms with van der Waals surface area (Å²) in [6, 6.07) is 0. The first-order valence-electron chi connectivity index (χ1n) is 5.61. The van der Waals surface area contributed by atoms with Crippen molar-refractivity contribution in [2.45, 2.75) is 27.7 Å². The normalized spacial score (nSPS) is 14.0. The third-order valence-corrected chi connectivity index (χ3v) is 2.11. The monoisotopic (exact) mass is 238 g/mol. The van der Waals surface area contributed by atoms with Gasteiger partial charge in [-0.15, -0.1) is 4.73 Å².